The second kappa shape index (κ2) is 9.22. The lowest BCUT2D eigenvalue weighted by Gasteiger charge is -2.18. The fraction of sp³-hybridized carbons (Fsp3) is 0.207. The number of aryl methyl sites for hydroxylation is 1. The standard InChI is InChI=1S/C29H26N2O4/c1-18-4-3-5-24(16-18)35-23-13-9-21(10-14-23)30-27(32)20-7-11-22(12-8-20)31-28(33)25-15-6-19(2)17-26(25)29(31)34/h3-14,16,25-26H,15,17H2,1-2H3,(H,30,32)/t25-,26+/m1/s1. The van der Waals surface area contributed by atoms with Crippen LogP contribution in [0, 0.1) is 18.8 Å². The number of amides is 3. The Morgan fingerprint density at radius 3 is 2.31 bits per heavy atom. The lowest BCUT2D eigenvalue weighted by molar-refractivity contribution is -0.122. The van der Waals surface area contributed by atoms with Crippen LogP contribution in [0.5, 0.6) is 11.5 Å². The number of carbonyl (C=O) groups excluding carboxylic acids is 3. The van der Waals surface area contributed by atoms with Crippen LogP contribution in [0.1, 0.15) is 35.7 Å². The number of nitrogens with zero attached hydrogens (tertiary/aromatic N) is 1. The van der Waals surface area contributed by atoms with E-state index in [-0.39, 0.29) is 29.6 Å². The van der Waals surface area contributed by atoms with Crippen molar-refractivity contribution in [1.82, 2.24) is 0 Å². The maximum atomic E-state index is 12.9. The van der Waals surface area contributed by atoms with Gasteiger partial charge in [-0.2, -0.15) is 0 Å². The predicted octanol–water partition coefficient (Wildman–Crippen LogP) is 5.89. The molecule has 0 radical (unpaired) electrons. The van der Waals surface area contributed by atoms with E-state index in [1.165, 1.54) is 4.90 Å². The molecular formula is C29H26N2O4. The number of benzene rings is 3. The molecule has 1 aliphatic heterocycles. The van der Waals surface area contributed by atoms with Gasteiger partial charge in [-0.3, -0.25) is 19.3 Å². The highest BCUT2D eigenvalue weighted by Gasteiger charge is 2.48. The molecule has 176 valence electrons. The molecule has 1 saturated heterocycles. The molecule has 0 spiro atoms. The van der Waals surface area contributed by atoms with Crippen LogP contribution in [0.4, 0.5) is 11.4 Å². The van der Waals surface area contributed by atoms with Gasteiger partial charge in [0.2, 0.25) is 11.8 Å². The molecule has 2 aliphatic rings. The molecule has 3 aromatic rings. The smallest absolute Gasteiger partial charge is 0.255 e. The molecule has 3 amide bonds. The lowest BCUT2D eigenvalue weighted by Crippen LogP contribution is -2.30. The number of allylic oxidation sites excluding steroid dienone is 2. The van der Waals surface area contributed by atoms with Crippen molar-refractivity contribution in [2.24, 2.45) is 11.8 Å². The van der Waals surface area contributed by atoms with E-state index in [0.717, 1.165) is 16.9 Å². The van der Waals surface area contributed by atoms with E-state index in [2.05, 4.69) is 5.32 Å². The van der Waals surface area contributed by atoms with Crippen molar-refractivity contribution in [3.63, 3.8) is 0 Å². The first-order valence-corrected chi connectivity index (χ1v) is 11.7. The number of carbonyl (C=O) groups is 3. The van der Waals surface area contributed by atoms with E-state index < -0.39 is 0 Å². The third kappa shape index (κ3) is 4.60. The van der Waals surface area contributed by atoms with E-state index in [4.69, 9.17) is 4.74 Å². The molecule has 35 heavy (non-hydrogen) atoms. The quantitative estimate of drug-likeness (QED) is 0.376. The van der Waals surface area contributed by atoms with Crippen molar-refractivity contribution >= 4 is 29.1 Å². The Morgan fingerprint density at radius 2 is 1.60 bits per heavy atom. The van der Waals surface area contributed by atoms with E-state index in [9.17, 15) is 14.4 Å². The molecule has 0 unspecified atom stereocenters. The molecule has 0 bridgehead atoms. The first kappa shape index (κ1) is 22.6. The minimum atomic E-state index is -0.285. The third-order valence-corrected chi connectivity index (χ3v) is 6.55. The minimum absolute atomic E-state index is 0.155. The summed E-state index contributed by atoms with van der Waals surface area (Å²) in [5, 5.41) is 2.86. The number of anilines is 2. The molecule has 6 nitrogen and oxygen atoms in total. The van der Waals surface area contributed by atoms with Crippen LogP contribution in [0.3, 0.4) is 0 Å². The molecule has 1 N–H and O–H groups in total. The molecule has 1 aliphatic carbocycles. The molecule has 3 aromatic carbocycles. The molecule has 5 rings (SSSR count). The zero-order valence-electron chi connectivity index (χ0n) is 19.7. The summed E-state index contributed by atoms with van der Waals surface area (Å²) < 4.78 is 5.85. The topological polar surface area (TPSA) is 75.7 Å². The van der Waals surface area contributed by atoms with Gasteiger partial charge < -0.3 is 10.1 Å². The van der Waals surface area contributed by atoms with E-state index in [1.807, 2.05) is 44.2 Å². The molecule has 0 saturated carbocycles. The third-order valence-electron chi connectivity index (χ3n) is 6.55. The summed E-state index contributed by atoms with van der Waals surface area (Å²) in [6.45, 7) is 4.00. The zero-order valence-corrected chi connectivity index (χ0v) is 19.7. The van der Waals surface area contributed by atoms with Gasteiger partial charge in [0.05, 0.1) is 17.5 Å². The average Bonchev–Trinajstić information content (AvgIpc) is 3.09. The fourth-order valence-electron chi connectivity index (χ4n) is 4.68. The summed E-state index contributed by atoms with van der Waals surface area (Å²) >= 11 is 0. The summed E-state index contributed by atoms with van der Waals surface area (Å²) in [4.78, 5) is 39.8. The van der Waals surface area contributed by atoms with Gasteiger partial charge in [0.1, 0.15) is 11.5 Å². The second-order valence-electron chi connectivity index (χ2n) is 9.16. The maximum Gasteiger partial charge on any atom is 0.255 e. The Labute approximate surface area is 204 Å². The molecule has 0 aromatic heterocycles. The Hall–Kier alpha value is -4.19. The van der Waals surface area contributed by atoms with Crippen molar-refractivity contribution in [2.75, 3.05) is 10.2 Å². The van der Waals surface area contributed by atoms with Gasteiger partial charge in [0.25, 0.3) is 5.91 Å². The molecule has 1 heterocycles. The van der Waals surface area contributed by atoms with Crippen LogP contribution in [0.25, 0.3) is 0 Å². The van der Waals surface area contributed by atoms with Crippen LogP contribution in [0.2, 0.25) is 0 Å². The summed E-state index contributed by atoms with van der Waals surface area (Å²) in [6, 6.07) is 21.5. The number of imide groups is 1. The number of hydrogen-bond donors (Lipinski definition) is 1. The van der Waals surface area contributed by atoms with Gasteiger partial charge in [0, 0.05) is 11.3 Å². The van der Waals surface area contributed by atoms with Crippen molar-refractivity contribution in [3.05, 3.63) is 95.6 Å². The summed E-state index contributed by atoms with van der Waals surface area (Å²) in [7, 11) is 0. The van der Waals surface area contributed by atoms with Crippen LogP contribution < -0.4 is 15.0 Å². The number of ether oxygens (including phenoxy) is 1. The average molecular weight is 467 g/mol. The van der Waals surface area contributed by atoms with Gasteiger partial charge in [-0.1, -0.05) is 23.8 Å². The molecule has 2 atom stereocenters. The molecule has 1 fully saturated rings. The van der Waals surface area contributed by atoms with Gasteiger partial charge in [0.15, 0.2) is 0 Å². The number of rotatable bonds is 5. The molecular weight excluding hydrogens is 440 g/mol. The van der Waals surface area contributed by atoms with Gasteiger partial charge in [-0.25, -0.2) is 0 Å². The Kier molecular flexibility index (Phi) is 5.95. The normalized spacial score (nSPS) is 19.3. The van der Waals surface area contributed by atoms with Crippen molar-refractivity contribution in [3.8, 4) is 11.5 Å². The van der Waals surface area contributed by atoms with Gasteiger partial charge >= 0.3 is 0 Å². The van der Waals surface area contributed by atoms with Crippen molar-refractivity contribution in [2.45, 2.75) is 26.7 Å². The fourth-order valence-corrected chi connectivity index (χ4v) is 4.68. The number of fused-ring (bicyclic) bond motifs is 1. The van der Waals surface area contributed by atoms with E-state index in [0.29, 0.717) is 35.5 Å². The largest absolute Gasteiger partial charge is 0.457 e. The van der Waals surface area contributed by atoms with Crippen molar-refractivity contribution in [1.29, 1.82) is 0 Å². The SMILES string of the molecule is CC1=CC[C@H]2C(=O)N(c3ccc(C(=O)Nc4ccc(Oc5cccc(C)c5)cc4)cc3)C(=O)[C@H]2C1. The highest BCUT2D eigenvalue weighted by Crippen LogP contribution is 2.39. The van der Waals surface area contributed by atoms with Gasteiger partial charge in [-0.05, 0) is 92.9 Å². The zero-order chi connectivity index (χ0) is 24.5. The highest BCUT2D eigenvalue weighted by molar-refractivity contribution is 6.22. The van der Waals surface area contributed by atoms with Crippen LogP contribution in [0.15, 0.2) is 84.4 Å². The number of nitrogens with one attached hydrogen (secondary N) is 1. The van der Waals surface area contributed by atoms with Crippen LogP contribution >= 0.6 is 0 Å². The summed E-state index contributed by atoms with van der Waals surface area (Å²) in [5.74, 6) is 0.259. The Morgan fingerprint density at radius 1 is 0.886 bits per heavy atom. The molecule has 6 heteroatoms. The summed E-state index contributed by atoms with van der Waals surface area (Å²) in [5.41, 5.74) is 3.83. The maximum absolute atomic E-state index is 12.9. The lowest BCUT2D eigenvalue weighted by atomic mass is 9.82. The van der Waals surface area contributed by atoms with E-state index >= 15 is 0 Å². The Bertz CT molecular complexity index is 1330. The predicted molar refractivity (Wildman–Crippen MR) is 135 cm³/mol. The highest BCUT2D eigenvalue weighted by atomic mass is 16.5. The summed E-state index contributed by atoms with van der Waals surface area (Å²) in [6.07, 6.45) is 3.28. The monoisotopic (exact) mass is 466 g/mol. The van der Waals surface area contributed by atoms with Crippen LogP contribution in [-0.4, -0.2) is 17.7 Å². The van der Waals surface area contributed by atoms with E-state index in [1.54, 1.807) is 48.5 Å². The Balaban J connectivity index is 1.23. The minimum Gasteiger partial charge on any atom is -0.457 e. The first-order valence-electron chi connectivity index (χ1n) is 11.7. The number of hydrogen-bond acceptors (Lipinski definition) is 4. The van der Waals surface area contributed by atoms with Crippen LogP contribution in [-0.2, 0) is 9.59 Å². The van der Waals surface area contributed by atoms with Gasteiger partial charge in [-0.15, -0.1) is 0 Å². The van der Waals surface area contributed by atoms with Crippen molar-refractivity contribution < 1.29 is 19.1 Å². The first-order chi connectivity index (χ1) is 16.9. The second-order valence-corrected chi connectivity index (χ2v) is 9.16.